The van der Waals surface area contributed by atoms with E-state index in [1.165, 1.54) is 18.9 Å². The molecule has 1 aliphatic heterocycles. The fourth-order valence-electron chi connectivity index (χ4n) is 2.77. The molecule has 1 amide bonds. The summed E-state index contributed by atoms with van der Waals surface area (Å²) in [6.45, 7) is 5.29. The predicted molar refractivity (Wildman–Crippen MR) is 96.9 cm³/mol. The van der Waals surface area contributed by atoms with Gasteiger partial charge in [0.05, 0.1) is 23.2 Å². The summed E-state index contributed by atoms with van der Waals surface area (Å²) < 4.78 is 33.9. The lowest BCUT2D eigenvalue weighted by Crippen LogP contribution is -2.44. The number of hydrogen-bond acceptors (Lipinski definition) is 6. The van der Waals surface area contributed by atoms with Crippen LogP contribution < -0.4 is 4.74 Å². The Hall–Kier alpha value is -2.09. The maximum absolute atomic E-state index is 12.4. The van der Waals surface area contributed by atoms with Crippen molar-refractivity contribution >= 4 is 21.7 Å². The number of carbonyl (C=O) groups excluding carboxylic acids is 2. The Kier molecular flexibility index (Phi) is 6.28. The highest BCUT2D eigenvalue weighted by molar-refractivity contribution is 7.91. The molecule has 7 nitrogen and oxygen atoms in total. The lowest BCUT2D eigenvalue weighted by Gasteiger charge is -2.26. The topological polar surface area (TPSA) is 90.0 Å². The lowest BCUT2D eigenvalue weighted by molar-refractivity contribution is -0.140. The molecule has 0 radical (unpaired) electrons. The normalized spacial score (nSPS) is 19.8. The van der Waals surface area contributed by atoms with Gasteiger partial charge in [0.15, 0.2) is 15.9 Å². The van der Waals surface area contributed by atoms with Crippen LogP contribution in [0.1, 0.15) is 37.6 Å². The number of rotatable bonds is 6. The third kappa shape index (κ3) is 5.20. The number of sulfone groups is 1. The summed E-state index contributed by atoms with van der Waals surface area (Å²) in [5.74, 6) is -0.362. The van der Waals surface area contributed by atoms with Gasteiger partial charge in [-0.25, -0.2) is 13.2 Å². The van der Waals surface area contributed by atoms with E-state index in [1.807, 2.05) is 13.8 Å². The maximum Gasteiger partial charge on any atom is 0.338 e. The first-order chi connectivity index (χ1) is 12.1. The molecule has 1 aliphatic rings. The van der Waals surface area contributed by atoms with Crippen LogP contribution in [0.5, 0.6) is 5.75 Å². The Balaban J connectivity index is 1.94. The zero-order chi connectivity index (χ0) is 19.5. The molecule has 0 bridgehead atoms. The van der Waals surface area contributed by atoms with E-state index in [9.17, 15) is 18.0 Å². The number of carbonyl (C=O) groups is 2. The Morgan fingerprint density at radius 3 is 2.27 bits per heavy atom. The average Bonchev–Trinajstić information content (AvgIpc) is 2.93. The van der Waals surface area contributed by atoms with Crippen molar-refractivity contribution < 1.29 is 27.5 Å². The van der Waals surface area contributed by atoms with Gasteiger partial charge >= 0.3 is 5.97 Å². The van der Waals surface area contributed by atoms with Gasteiger partial charge in [-0.1, -0.05) is 0 Å². The predicted octanol–water partition coefficient (Wildman–Crippen LogP) is 1.66. The van der Waals surface area contributed by atoms with Crippen LogP contribution in [0.4, 0.5) is 0 Å². The number of hydrogen-bond donors (Lipinski definition) is 0. The molecular weight excluding hydrogens is 358 g/mol. The van der Waals surface area contributed by atoms with Crippen molar-refractivity contribution in [1.82, 2.24) is 4.90 Å². The number of amides is 1. The third-order valence-corrected chi connectivity index (χ3v) is 5.95. The first-order valence-corrected chi connectivity index (χ1v) is 10.4. The van der Waals surface area contributed by atoms with E-state index in [-0.39, 0.29) is 23.7 Å². The smallest absolute Gasteiger partial charge is 0.338 e. The molecular formula is C18H25NO6S. The third-order valence-electron chi connectivity index (χ3n) is 4.20. The summed E-state index contributed by atoms with van der Waals surface area (Å²) in [5, 5.41) is 0. The second kappa shape index (κ2) is 8.07. The van der Waals surface area contributed by atoms with E-state index in [1.54, 1.807) is 24.3 Å². The fraction of sp³-hybridized carbons (Fsp3) is 0.556. The van der Waals surface area contributed by atoms with Crippen molar-refractivity contribution in [2.75, 3.05) is 18.6 Å². The minimum Gasteiger partial charge on any atom is -0.491 e. The van der Waals surface area contributed by atoms with Crippen molar-refractivity contribution in [2.45, 2.75) is 45.4 Å². The van der Waals surface area contributed by atoms with E-state index >= 15 is 0 Å². The van der Waals surface area contributed by atoms with Crippen molar-refractivity contribution in [1.29, 1.82) is 0 Å². The zero-order valence-electron chi connectivity index (χ0n) is 15.5. The molecule has 2 atom stereocenters. The summed E-state index contributed by atoms with van der Waals surface area (Å²) in [6.07, 6.45) is -0.564. The first kappa shape index (κ1) is 20.2. The van der Waals surface area contributed by atoms with Gasteiger partial charge in [-0.3, -0.25) is 4.79 Å². The summed E-state index contributed by atoms with van der Waals surface area (Å²) in [5.41, 5.74) is 0.312. The number of benzene rings is 1. The van der Waals surface area contributed by atoms with E-state index < -0.39 is 27.8 Å². The average molecular weight is 383 g/mol. The molecule has 8 heteroatoms. The van der Waals surface area contributed by atoms with Crippen LogP contribution in [0.3, 0.4) is 0 Å². The Morgan fingerprint density at radius 2 is 1.77 bits per heavy atom. The standard InChI is InChI=1S/C18H25NO6S/c1-12(2)24-16-7-5-14(6-8-16)18(21)25-13(3)17(20)19(4)15-9-10-26(22,23)11-15/h5-8,12-13,15H,9-11H2,1-4H3/t13-,15-/m0/s1. The molecule has 1 aromatic carbocycles. The summed E-state index contributed by atoms with van der Waals surface area (Å²) in [7, 11) is -1.55. The van der Waals surface area contributed by atoms with E-state index in [2.05, 4.69) is 0 Å². The summed E-state index contributed by atoms with van der Waals surface area (Å²) in [4.78, 5) is 26.0. The monoisotopic (exact) mass is 383 g/mol. The summed E-state index contributed by atoms with van der Waals surface area (Å²) >= 11 is 0. The number of likely N-dealkylation sites (N-methyl/N-ethyl adjacent to an activating group) is 1. The van der Waals surface area contributed by atoms with E-state index in [0.29, 0.717) is 17.7 Å². The van der Waals surface area contributed by atoms with Crippen LogP contribution >= 0.6 is 0 Å². The first-order valence-electron chi connectivity index (χ1n) is 8.54. The number of ether oxygens (including phenoxy) is 2. The van der Waals surface area contributed by atoms with Crippen LogP contribution in [-0.4, -0.2) is 62.0 Å². The fourth-order valence-corrected chi connectivity index (χ4v) is 4.54. The highest BCUT2D eigenvalue weighted by atomic mass is 32.2. The van der Waals surface area contributed by atoms with Gasteiger partial charge in [-0.05, 0) is 51.5 Å². The second-order valence-corrected chi connectivity index (χ2v) is 8.97. The Labute approximate surface area is 154 Å². The molecule has 26 heavy (non-hydrogen) atoms. The minimum atomic E-state index is -3.09. The molecule has 0 aromatic heterocycles. The number of nitrogens with zero attached hydrogens (tertiary/aromatic N) is 1. The molecule has 0 aliphatic carbocycles. The number of esters is 1. The summed E-state index contributed by atoms with van der Waals surface area (Å²) in [6, 6.07) is 6.10. The highest BCUT2D eigenvalue weighted by Crippen LogP contribution is 2.19. The van der Waals surface area contributed by atoms with E-state index in [4.69, 9.17) is 9.47 Å². The van der Waals surface area contributed by atoms with Crippen LogP contribution in [-0.2, 0) is 19.4 Å². The van der Waals surface area contributed by atoms with Crippen molar-refractivity contribution in [3.8, 4) is 5.75 Å². The van der Waals surface area contributed by atoms with Crippen LogP contribution in [0.2, 0.25) is 0 Å². The molecule has 1 fully saturated rings. The zero-order valence-corrected chi connectivity index (χ0v) is 16.3. The SMILES string of the molecule is CC(C)Oc1ccc(C(=O)O[C@@H](C)C(=O)N(C)[C@H]2CCS(=O)(=O)C2)cc1. The van der Waals surface area contributed by atoms with Gasteiger partial charge in [0.25, 0.3) is 5.91 Å². The van der Waals surface area contributed by atoms with Crippen LogP contribution in [0.15, 0.2) is 24.3 Å². The van der Waals surface area contributed by atoms with Crippen molar-refractivity contribution in [2.24, 2.45) is 0 Å². The van der Waals surface area contributed by atoms with Crippen molar-refractivity contribution in [3.63, 3.8) is 0 Å². The molecule has 0 N–H and O–H groups in total. The second-order valence-electron chi connectivity index (χ2n) is 6.74. The van der Waals surface area contributed by atoms with Gasteiger partial charge in [0, 0.05) is 13.1 Å². The van der Waals surface area contributed by atoms with Gasteiger partial charge < -0.3 is 14.4 Å². The van der Waals surface area contributed by atoms with Crippen molar-refractivity contribution in [3.05, 3.63) is 29.8 Å². The van der Waals surface area contributed by atoms with Gasteiger partial charge in [-0.2, -0.15) is 0 Å². The molecule has 2 rings (SSSR count). The Morgan fingerprint density at radius 1 is 1.15 bits per heavy atom. The van der Waals surface area contributed by atoms with Crippen LogP contribution in [0, 0.1) is 0 Å². The molecule has 144 valence electrons. The van der Waals surface area contributed by atoms with Gasteiger partial charge in [0.1, 0.15) is 5.75 Å². The quantitative estimate of drug-likeness (QED) is 0.694. The van der Waals surface area contributed by atoms with Gasteiger partial charge in [-0.15, -0.1) is 0 Å². The molecule has 1 heterocycles. The molecule has 0 saturated carbocycles. The van der Waals surface area contributed by atoms with Crippen LogP contribution in [0.25, 0.3) is 0 Å². The molecule has 1 saturated heterocycles. The highest BCUT2D eigenvalue weighted by Gasteiger charge is 2.35. The van der Waals surface area contributed by atoms with E-state index in [0.717, 1.165) is 0 Å². The van der Waals surface area contributed by atoms with Gasteiger partial charge in [0.2, 0.25) is 0 Å². The molecule has 0 spiro atoms. The minimum absolute atomic E-state index is 0.0281. The lowest BCUT2D eigenvalue weighted by atomic mass is 10.2. The Bertz CT molecular complexity index is 756. The largest absolute Gasteiger partial charge is 0.491 e. The molecule has 1 aromatic rings. The maximum atomic E-state index is 12.4. The molecule has 0 unspecified atom stereocenters.